The summed E-state index contributed by atoms with van der Waals surface area (Å²) < 4.78 is 5.84. The van der Waals surface area contributed by atoms with Crippen LogP contribution in [0.4, 0.5) is 0 Å². The van der Waals surface area contributed by atoms with Crippen molar-refractivity contribution in [3.05, 3.63) is 59.7 Å². The molecule has 5 heteroatoms. The molecule has 1 atom stereocenters. The molecule has 1 aromatic heterocycles. The third-order valence-electron chi connectivity index (χ3n) is 5.43. The zero-order valence-corrected chi connectivity index (χ0v) is 16.4. The van der Waals surface area contributed by atoms with Gasteiger partial charge in [-0.15, -0.1) is 10.2 Å². The minimum absolute atomic E-state index is 0.115. The van der Waals surface area contributed by atoms with Crippen LogP contribution in [0.3, 0.4) is 0 Å². The summed E-state index contributed by atoms with van der Waals surface area (Å²) in [6.45, 7) is 5.03. The Morgan fingerprint density at radius 1 is 1.07 bits per heavy atom. The highest BCUT2D eigenvalue weighted by molar-refractivity contribution is 5.94. The number of hydrogen-bond acceptors (Lipinski definition) is 4. The molecule has 1 unspecified atom stereocenters. The second-order valence-corrected chi connectivity index (χ2v) is 7.42. The summed E-state index contributed by atoms with van der Waals surface area (Å²) in [4.78, 5) is 14.9. The maximum Gasteiger partial charge on any atom is 0.254 e. The lowest BCUT2D eigenvalue weighted by Crippen LogP contribution is -2.43. The van der Waals surface area contributed by atoms with E-state index < -0.39 is 0 Å². The van der Waals surface area contributed by atoms with E-state index in [0.29, 0.717) is 23.4 Å². The summed E-state index contributed by atoms with van der Waals surface area (Å²) in [6, 6.07) is 15.8. The first kappa shape index (κ1) is 18.4. The summed E-state index contributed by atoms with van der Waals surface area (Å²) in [6.07, 6.45) is 4.41. The lowest BCUT2D eigenvalue weighted by molar-refractivity contribution is 0.0608. The van der Waals surface area contributed by atoms with Gasteiger partial charge in [0, 0.05) is 29.3 Å². The van der Waals surface area contributed by atoms with Crippen LogP contribution >= 0.6 is 0 Å². The molecule has 1 amide bonds. The van der Waals surface area contributed by atoms with Gasteiger partial charge in [0.05, 0.1) is 0 Å². The van der Waals surface area contributed by atoms with Crippen molar-refractivity contribution in [2.45, 2.75) is 45.6 Å². The fraction of sp³-hybridized carbons (Fsp3) is 0.348. The van der Waals surface area contributed by atoms with Crippen molar-refractivity contribution in [1.29, 1.82) is 0 Å². The normalized spacial score (nSPS) is 16.9. The fourth-order valence-corrected chi connectivity index (χ4v) is 3.85. The van der Waals surface area contributed by atoms with E-state index in [4.69, 9.17) is 4.42 Å². The second kappa shape index (κ2) is 7.97. The van der Waals surface area contributed by atoms with Gasteiger partial charge in [0.15, 0.2) is 0 Å². The van der Waals surface area contributed by atoms with Crippen LogP contribution in [0.1, 0.15) is 48.5 Å². The van der Waals surface area contributed by atoms with Gasteiger partial charge in [-0.25, -0.2) is 0 Å². The molecule has 2 aromatic carbocycles. The lowest BCUT2D eigenvalue weighted by Gasteiger charge is -2.35. The van der Waals surface area contributed by atoms with Crippen LogP contribution in [0, 0.1) is 6.92 Å². The van der Waals surface area contributed by atoms with Crippen molar-refractivity contribution in [3.63, 3.8) is 0 Å². The molecule has 0 N–H and O–H groups in total. The minimum Gasteiger partial charge on any atom is -0.416 e. The lowest BCUT2D eigenvalue weighted by atomic mass is 9.98. The number of nitrogens with zero attached hydrogens (tertiary/aromatic N) is 3. The molecule has 1 aliphatic rings. The van der Waals surface area contributed by atoms with Gasteiger partial charge in [0.25, 0.3) is 5.91 Å². The van der Waals surface area contributed by atoms with Crippen molar-refractivity contribution in [1.82, 2.24) is 15.1 Å². The van der Waals surface area contributed by atoms with Crippen LogP contribution in [0.25, 0.3) is 22.9 Å². The molecule has 1 saturated heterocycles. The number of carbonyl (C=O) groups excluding carboxylic acids is 1. The fourth-order valence-electron chi connectivity index (χ4n) is 3.85. The summed E-state index contributed by atoms with van der Waals surface area (Å²) in [5, 5.41) is 8.33. The van der Waals surface area contributed by atoms with E-state index in [1.165, 1.54) is 6.42 Å². The average Bonchev–Trinajstić information content (AvgIpc) is 3.24. The highest BCUT2D eigenvalue weighted by Gasteiger charge is 2.26. The monoisotopic (exact) mass is 375 g/mol. The van der Waals surface area contributed by atoms with Crippen molar-refractivity contribution in [3.8, 4) is 22.9 Å². The molecule has 28 heavy (non-hydrogen) atoms. The quantitative estimate of drug-likeness (QED) is 0.635. The van der Waals surface area contributed by atoms with Crippen LogP contribution in [0.2, 0.25) is 0 Å². The van der Waals surface area contributed by atoms with Gasteiger partial charge in [-0.3, -0.25) is 4.79 Å². The smallest absolute Gasteiger partial charge is 0.254 e. The van der Waals surface area contributed by atoms with E-state index in [-0.39, 0.29) is 5.91 Å². The van der Waals surface area contributed by atoms with Crippen LogP contribution < -0.4 is 0 Å². The molecule has 1 aliphatic heterocycles. The summed E-state index contributed by atoms with van der Waals surface area (Å²) in [5.74, 6) is 1.07. The zero-order chi connectivity index (χ0) is 19.5. The first-order valence-corrected chi connectivity index (χ1v) is 9.97. The number of amides is 1. The molecular weight excluding hydrogens is 350 g/mol. The van der Waals surface area contributed by atoms with Crippen LogP contribution in [0.5, 0.6) is 0 Å². The number of aryl methyl sites for hydroxylation is 1. The van der Waals surface area contributed by atoms with Crippen LogP contribution in [-0.2, 0) is 0 Å². The van der Waals surface area contributed by atoms with Gasteiger partial charge in [-0.2, -0.15) is 0 Å². The standard InChI is InChI=1S/C23H25N3O2/c1-3-20-9-4-5-14-26(20)23(27)18-12-10-17(11-13-18)21-24-25-22(28-21)19-8-6-7-16(2)15-19/h6-8,10-13,15,20H,3-5,9,14H2,1-2H3. The van der Waals surface area contributed by atoms with Crippen LogP contribution in [-0.4, -0.2) is 33.6 Å². The van der Waals surface area contributed by atoms with Gasteiger partial charge in [0.2, 0.25) is 11.8 Å². The van der Waals surface area contributed by atoms with E-state index in [2.05, 4.69) is 17.1 Å². The van der Waals surface area contributed by atoms with E-state index in [1.807, 2.05) is 60.4 Å². The molecule has 0 saturated carbocycles. The molecule has 0 aliphatic carbocycles. The number of aromatic nitrogens is 2. The Balaban J connectivity index is 1.53. The third-order valence-corrected chi connectivity index (χ3v) is 5.43. The van der Waals surface area contributed by atoms with Crippen molar-refractivity contribution >= 4 is 5.91 Å². The Kier molecular flexibility index (Phi) is 5.24. The summed E-state index contributed by atoms with van der Waals surface area (Å²) in [7, 11) is 0. The van der Waals surface area contributed by atoms with E-state index >= 15 is 0 Å². The predicted molar refractivity (Wildman–Crippen MR) is 109 cm³/mol. The number of hydrogen-bond donors (Lipinski definition) is 0. The van der Waals surface area contributed by atoms with Gasteiger partial charge in [0.1, 0.15) is 0 Å². The van der Waals surface area contributed by atoms with E-state index in [0.717, 1.165) is 42.5 Å². The highest BCUT2D eigenvalue weighted by Crippen LogP contribution is 2.26. The molecule has 2 heterocycles. The first-order valence-electron chi connectivity index (χ1n) is 9.97. The first-order chi connectivity index (χ1) is 13.7. The SMILES string of the molecule is CCC1CCCCN1C(=O)c1ccc(-c2nnc(-c3cccc(C)c3)o2)cc1. The van der Waals surface area contributed by atoms with Crippen LogP contribution in [0.15, 0.2) is 52.9 Å². The Hall–Kier alpha value is -2.95. The molecule has 0 radical (unpaired) electrons. The number of carbonyl (C=O) groups is 1. The number of likely N-dealkylation sites (tertiary alicyclic amines) is 1. The van der Waals surface area contributed by atoms with Gasteiger partial charge >= 0.3 is 0 Å². The largest absolute Gasteiger partial charge is 0.416 e. The molecular formula is C23H25N3O2. The van der Waals surface area contributed by atoms with E-state index in [9.17, 15) is 4.79 Å². The Bertz CT molecular complexity index is 962. The molecule has 5 nitrogen and oxygen atoms in total. The van der Waals surface area contributed by atoms with Crippen molar-refractivity contribution in [2.24, 2.45) is 0 Å². The number of piperidine rings is 1. The molecule has 4 rings (SSSR count). The molecule has 0 spiro atoms. The van der Waals surface area contributed by atoms with Crippen molar-refractivity contribution < 1.29 is 9.21 Å². The van der Waals surface area contributed by atoms with Gasteiger partial charge < -0.3 is 9.32 Å². The average molecular weight is 375 g/mol. The minimum atomic E-state index is 0.115. The Morgan fingerprint density at radius 3 is 2.54 bits per heavy atom. The molecule has 144 valence electrons. The Morgan fingerprint density at radius 2 is 1.82 bits per heavy atom. The van der Waals surface area contributed by atoms with Crippen molar-refractivity contribution in [2.75, 3.05) is 6.54 Å². The summed E-state index contributed by atoms with van der Waals surface area (Å²) >= 11 is 0. The molecule has 0 bridgehead atoms. The van der Waals surface area contributed by atoms with E-state index in [1.54, 1.807) is 0 Å². The maximum atomic E-state index is 12.9. The molecule has 1 fully saturated rings. The summed E-state index contributed by atoms with van der Waals surface area (Å²) in [5.41, 5.74) is 3.57. The maximum absolute atomic E-state index is 12.9. The topological polar surface area (TPSA) is 59.2 Å². The predicted octanol–water partition coefficient (Wildman–Crippen LogP) is 5.12. The second-order valence-electron chi connectivity index (χ2n) is 7.42. The molecule has 3 aromatic rings. The van der Waals surface area contributed by atoms with Gasteiger partial charge in [-0.1, -0.05) is 24.6 Å². The highest BCUT2D eigenvalue weighted by atomic mass is 16.4. The Labute approximate surface area is 165 Å². The zero-order valence-electron chi connectivity index (χ0n) is 16.4. The number of benzene rings is 2. The number of rotatable bonds is 4. The van der Waals surface area contributed by atoms with Gasteiger partial charge in [-0.05, 0) is 69.0 Å². The third kappa shape index (κ3) is 3.70.